The predicted molar refractivity (Wildman–Crippen MR) is 104 cm³/mol. The zero-order chi connectivity index (χ0) is 18.0. The average molecular weight is 344 g/mol. The lowest BCUT2D eigenvalue weighted by Gasteiger charge is -2.38. The molecule has 0 radical (unpaired) electrons. The summed E-state index contributed by atoms with van der Waals surface area (Å²) < 4.78 is 0. The number of benzene rings is 1. The Morgan fingerprint density at radius 1 is 1.04 bits per heavy atom. The van der Waals surface area contributed by atoms with Crippen molar-refractivity contribution in [2.45, 2.75) is 46.1 Å². The Hall–Kier alpha value is -1.55. The van der Waals surface area contributed by atoms with Crippen LogP contribution in [0.15, 0.2) is 24.3 Å². The molecule has 1 amide bonds. The van der Waals surface area contributed by atoms with Gasteiger partial charge >= 0.3 is 0 Å². The normalized spacial score (nSPS) is 23.0. The maximum Gasteiger partial charge on any atom is 0.251 e. The van der Waals surface area contributed by atoms with E-state index in [4.69, 9.17) is 0 Å². The van der Waals surface area contributed by atoms with Gasteiger partial charge < -0.3 is 10.2 Å². The highest BCUT2D eigenvalue weighted by atomic mass is 16.1. The van der Waals surface area contributed by atoms with Gasteiger partial charge in [0.15, 0.2) is 0 Å². The molecule has 2 heterocycles. The Morgan fingerprint density at radius 3 is 2.20 bits per heavy atom. The Balaban J connectivity index is 1.53. The summed E-state index contributed by atoms with van der Waals surface area (Å²) in [6.45, 7) is 11.9. The highest BCUT2D eigenvalue weighted by Crippen LogP contribution is 2.36. The Labute approximate surface area is 152 Å². The molecule has 1 unspecified atom stereocenters. The molecule has 2 aliphatic rings. The minimum Gasteiger partial charge on any atom is -0.371 e. The van der Waals surface area contributed by atoms with Crippen LogP contribution in [0.2, 0.25) is 0 Å². The second-order valence-electron chi connectivity index (χ2n) is 8.69. The molecule has 4 heteroatoms. The van der Waals surface area contributed by atoms with Gasteiger partial charge in [0.1, 0.15) is 0 Å². The van der Waals surface area contributed by atoms with Crippen molar-refractivity contribution < 1.29 is 4.79 Å². The summed E-state index contributed by atoms with van der Waals surface area (Å²) in [6.07, 6.45) is 3.84. The molecule has 25 heavy (non-hydrogen) atoms. The first-order valence-electron chi connectivity index (χ1n) is 9.69. The number of hydrogen-bond acceptors (Lipinski definition) is 3. The number of amides is 1. The summed E-state index contributed by atoms with van der Waals surface area (Å²) >= 11 is 0. The fourth-order valence-electron chi connectivity index (χ4n) is 4.28. The Kier molecular flexibility index (Phi) is 5.38. The fourth-order valence-corrected chi connectivity index (χ4v) is 4.28. The van der Waals surface area contributed by atoms with E-state index in [0.717, 1.165) is 30.6 Å². The summed E-state index contributed by atoms with van der Waals surface area (Å²) in [4.78, 5) is 16.9. The molecule has 0 bridgehead atoms. The third-order valence-corrected chi connectivity index (χ3v) is 6.15. The van der Waals surface area contributed by atoms with E-state index in [1.54, 1.807) is 7.05 Å². The molecule has 0 spiro atoms. The van der Waals surface area contributed by atoms with Crippen molar-refractivity contribution in [2.75, 3.05) is 38.1 Å². The summed E-state index contributed by atoms with van der Waals surface area (Å²) in [7, 11) is 1.67. The molecule has 1 N–H and O–H groups in total. The third kappa shape index (κ3) is 4.17. The van der Waals surface area contributed by atoms with E-state index in [0.29, 0.717) is 5.41 Å². The first-order valence-corrected chi connectivity index (χ1v) is 9.69. The van der Waals surface area contributed by atoms with Crippen LogP contribution < -0.4 is 10.2 Å². The lowest BCUT2D eigenvalue weighted by atomic mass is 9.80. The first-order chi connectivity index (χ1) is 11.9. The van der Waals surface area contributed by atoms with Crippen molar-refractivity contribution in [2.24, 2.45) is 11.3 Å². The predicted octanol–water partition coefficient (Wildman–Crippen LogP) is 3.38. The number of likely N-dealkylation sites (tertiary alicyclic amines) is 1. The van der Waals surface area contributed by atoms with Crippen molar-refractivity contribution >= 4 is 11.6 Å². The van der Waals surface area contributed by atoms with E-state index in [1.807, 2.05) is 12.1 Å². The molecule has 0 aliphatic carbocycles. The maximum absolute atomic E-state index is 11.7. The number of nitrogens with zero attached hydrogens (tertiary/aromatic N) is 2. The van der Waals surface area contributed by atoms with Crippen LogP contribution >= 0.6 is 0 Å². The van der Waals surface area contributed by atoms with Crippen molar-refractivity contribution in [3.8, 4) is 0 Å². The van der Waals surface area contributed by atoms with E-state index < -0.39 is 0 Å². The van der Waals surface area contributed by atoms with Crippen molar-refractivity contribution in [1.82, 2.24) is 10.2 Å². The third-order valence-electron chi connectivity index (χ3n) is 6.15. The minimum absolute atomic E-state index is 0.0207. The van der Waals surface area contributed by atoms with Gasteiger partial charge in [-0.3, -0.25) is 9.69 Å². The summed E-state index contributed by atoms with van der Waals surface area (Å²) in [6, 6.07) is 8.75. The molecule has 2 fully saturated rings. The molecule has 0 saturated carbocycles. The SMILES string of the molecule is CNC(=O)c1ccc(N2CCC(N3CCC(C(C)(C)C)C3)CC2)cc1. The van der Waals surface area contributed by atoms with Gasteiger partial charge in [0, 0.05) is 44.0 Å². The molecule has 3 rings (SSSR count). The minimum atomic E-state index is -0.0207. The number of anilines is 1. The quantitative estimate of drug-likeness (QED) is 0.914. The van der Waals surface area contributed by atoms with E-state index in [2.05, 4.69) is 48.0 Å². The van der Waals surface area contributed by atoms with Crippen LogP contribution in [-0.2, 0) is 0 Å². The zero-order valence-corrected chi connectivity index (χ0v) is 16.2. The van der Waals surface area contributed by atoms with Crippen molar-refractivity contribution in [1.29, 1.82) is 0 Å². The van der Waals surface area contributed by atoms with Gasteiger partial charge in [-0.1, -0.05) is 20.8 Å². The molecule has 1 aromatic rings. The van der Waals surface area contributed by atoms with Crippen LogP contribution in [-0.4, -0.2) is 50.1 Å². The molecular formula is C21H33N3O. The summed E-state index contributed by atoms with van der Waals surface area (Å²) in [5.74, 6) is 0.815. The second-order valence-corrected chi connectivity index (χ2v) is 8.69. The van der Waals surface area contributed by atoms with Crippen LogP contribution in [0.3, 0.4) is 0 Å². The number of rotatable bonds is 3. The molecule has 4 nitrogen and oxygen atoms in total. The van der Waals surface area contributed by atoms with Gasteiger partial charge in [0.2, 0.25) is 0 Å². The van der Waals surface area contributed by atoms with Gasteiger partial charge in [-0.15, -0.1) is 0 Å². The molecule has 0 aromatic heterocycles. The van der Waals surface area contributed by atoms with Crippen LogP contribution in [0, 0.1) is 11.3 Å². The molecule has 2 saturated heterocycles. The summed E-state index contributed by atoms with van der Waals surface area (Å²) in [5.41, 5.74) is 2.40. The van der Waals surface area contributed by atoms with Crippen LogP contribution in [0.1, 0.15) is 50.4 Å². The second kappa shape index (κ2) is 7.36. The number of piperidine rings is 1. The molecular weight excluding hydrogens is 310 g/mol. The fraction of sp³-hybridized carbons (Fsp3) is 0.667. The lowest BCUT2D eigenvalue weighted by molar-refractivity contribution is 0.0963. The maximum atomic E-state index is 11.7. The zero-order valence-electron chi connectivity index (χ0n) is 16.2. The first kappa shape index (κ1) is 18.2. The van der Waals surface area contributed by atoms with Gasteiger partial charge in [-0.2, -0.15) is 0 Å². The largest absolute Gasteiger partial charge is 0.371 e. The van der Waals surface area contributed by atoms with E-state index >= 15 is 0 Å². The lowest BCUT2D eigenvalue weighted by Crippen LogP contribution is -2.44. The van der Waals surface area contributed by atoms with Crippen LogP contribution in [0.25, 0.3) is 0 Å². The van der Waals surface area contributed by atoms with Gasteiger partial charge in [0.05, 0.1) is 0 Å². The Bertz CT molecular complexity index is 582. The number of hydrogen-bond donors (Lipinski definition) is 1. The highest BCUT2D eigenvalue weighted by Gasteiger charge is 2.35. The Morgan fingerprint density at radius 2 is 1.68 bits per heavy atom. The standard InChI is InChI=1S/C21H33N3O/c1-21(2,3)17-9-12-24(15-17)19-10-13-23(14-11-19)18-7-5-16(6-8-18)20(25)22-4/h5-8,17,19H,9-15H2,1-4H3,(H,22,25). The van der Waals surface area contributed by atoms with Crippen molar-refractivity contribution in [3.63, 3.8) is 0 Å². The number of nitrogens with one attached hydrogen (secondary N) is 1. The molecule has 1 aromatic carbocycles. The van der Waals surface area contributed by atoms with Gasteiger partial charge in [0.25, 0.3) is 5.91 Å². The van der Waals surface area contributed by atoms with Gasteiger partial charge in [-0.25, -0.2) is 0 Å². The van der Waals surface area contributed by atoms with Crippen LogP contribution in [0.4, 0.5) is 5.69 Å². The molecule has 2 aliphatic heterocycles. The van der Waals surface area contributed by atoms with E-state index in [1.165, 1.54) is 38.0 Å². The topological polar surface area (TPSA) is 35.6 Å². The summed E-state index contributed by atoms with van der Waals surface area (Å²) in [5, 5.41) is 2.67. The van der Waals surface area contributed by atoms with Crippen LogP contribution in [0.5, 0.6) is 0 Å². The van der Waals surface area contributed by atoms with E-state index in [9.17, 15) is 4.79 Å². The average Bonchev–Trinajstić information content (AvgIpc) is 3.12. The number of carbonyl (C=O) groups excluding carboxylic acids is 1. The monoisotopic (exact) mass is 343 g/mol. The van der Waals surface area contributed by atoms with E-state index in [-0.39, 0.29) is 5.91 Å². The smallest absolute Gasteiger partial charge is 0.251 e. The highest BCUT2D eigenvalue weighted by molar-refractivity contribution is 5.94. The van der Waals surface area contributed by atoms with Crippen molar-refractivity contribution in [3.05, 3.63) is 29.8 Å². The molecule has 138 valence electrons. The number of carbonyl (C=O) groups is 1. The van der Waals surface area contributed by atoms with Gasteiger partial charge in [-0.05, 0) is 61.4 Å². The molecule has 1 atom stereocenters.